The predicted octanol–water partition coefficient (Wildman–Crippen LogP) is 8.87. The maximum Gasteiger partial charge on any atom is 0.335 e. The first-order valence-electron chi connectivity index (χ1n) is 12.2. The van der Waals surface area contributed by atoms with Gasteiger partial charge in [-0.3, -0.25) is 0 Å². The fourth-order valence-corrected chi connectivity index (χ4v) is 3.71. The van der Waals surface area contributed by atoms with E-state index < -0.39 is 5.97 Å². The first kappa shape index (κ1) is 30.2. The third kappa shape index (κ3) is 19.6. The highest BCUT2D eigenvalue weighted by molar-refractivity contribution is 6.42. The smallest absolute Gasteiger partial charge is 0.335 e. The van der Waals surface area contributed by atoms with Gasteiger partial charge in [0.25, 0.3) is 0 Å². The third-order valence-corrected chi connectivity index (χ3v) is 6.09. The summed E-state index contributed by atoms with van der Waals surface area (Å²) in [5, 5.41) is 9.11. The van der Waals surface area contributed by atoms with Crippen molar-refractivity contribution < 1.29 is 14.4 Å². The van der Waals surface area contributed by atoms with E-state index in [1.807, 2.05) is 0 Å². The van der Waals surface area contributed by atoms with Gasteiger partial charge in [0.15, 0.2) is 0 Å². The molecule has 5 heteroatoms. The maximum atomic E-state index is 10.4. The van der Waals surface area contributed by atoms with E-state index >= 15 is 0 Å². The van der Waals surface area contributed by atoms with Crippen molar-refractivity contribution in [3.8, 4) is 0 Å². The summed E-state index contributed by atoms with van der Waals surface area (Å²) in [7, 11) is 6.88. The number of carbonyl (C=O) groups is 1. The van der Waals surface area contributed by atoms with Gasteiger partial charge in [-0.1, -0.05) is 107 Å². The van der Waals surface area contributed by atoms with Crippen LogP contribution in [0.4, 0.5) is 0 Å². The molecule has 0 radical (unpaired) electrons. The van der Waals surface area contributed by atoms with Crippen molar-refractivity contribution >= 4 is 29.2 Å². The van der Waals surface area contributed by atoms with Crippen LogP contribution in [0.2, 0.25) is 10.0 Å². The summed E-state index contributed by atoms with van der Waals surface area (Å²) in [6.45, 7) is 3.63. The van der Waals surface area contributed by atoms with Crippen molar-refractivity contribution in [1.29, 1.82) is 0 Å². The molecule has 3 nitrogen and oxygen atoms in total. The number of hydrogen-bond donors (Lipinski definition) is 1. The second-order valence-electron chi connectivity index (χ2n) is 9.54. The van der Waals surface area contributed by atoms with Crippen LogP contribution in [-0.2, 0) is 0 Å². The lowest BCUT2D eigenvalue weighted by atomic mass is 10.0. The molecule has 31 heavy (non-hydrogen) atoms. The van der Waals surface area contributed by atoms with E-state index in [1.165, 1.54) is 115 Å². The number of aromatic carboxylic acids is 1. The zero-order valence-corrected chi connectivity index (χ0v) is 21.9. The van der Waals surface area contributed by atoms with Crippen molar-refractivity contribution in [2.75, 3.05) is 27.7 Å². The van der Waals surface area contributed by atoms with Gasteiger partial charge in [0.1, 0.15) is 0 Å². The molecule has 0 unspecified atom stereocenters. The number of nitrogens with zero attached hydrogens (tertiary/aromatic N) is 1. The molecule has 0 amide bonds. The summed E-state index contributed by atoms with van der Waals surface area (Å²) >= 11 is 11.1. The Kier molecular flexibility index (Phi) is 18.3. The van der Waals surface area contributed by atoms with Crippen LogP contribution in [0.3, 0.4) is 0 Å². The Hall–Kier alpha value is -0.770. The van der Waals surface area contributed by atoms with Crippen molar-refractivity contribution in [3.05, 3.63) is 33.8 Å². The average Bonchev–Trinajstić information content (AvgIpc) is 2.70. The quantitative estimate of drug-likeness (QED) is 0.191. The maximum absolute atomic E-state index is 10.4. The van der Waals surface area contributed by atoms with E-state index in [0.717, 1.165) is 4.48 Å². The summed E-state index contributed by atoms with van der Waals surface area (Å²) in [5.74, 6) is -1.01. The fourth-order valence-electron chi connectivity index (χ4n) is 3.41. The second kappa shape index (κ2) is 18.8. The number of benzene rings is 1. The van der Waals surface area contributed by atoms with E-state index in [1.54, 1.807) is 0 Å². The second-order valence-corrected chi connectivity index (χ2v) is 10.4. The highest BCUT2D eigenvalue weighted by atomic mass is 35.5. The van der Waals surface area contributed by atoms with E-state index in [9.17, 15) is 4.79 Å². The minimum absolute atomic E-state index is 0.138. The van der Waals surface area contributed by atoms with E-state index in [2.05, 4.69) is 28.1 Å². The molecule has 1 rings (SSSR count). The number of carboxylic acid groups (broad SMARTS) is 1. The zero-order valence-electron chi connectivity index (χ0n) is 20.4. The molecule has 180 valence electrons. The Balaban J connectivity index is 0.000000683. The van der Waals surface area contributed by atoms with Crippen LogP contribution in [0, 0.1) is 0 Å². The van der Waals surface area contributed by atoms with Gasteiger partial charge in [-0.05, 0) is 31.0 Å². The summed E-state index contributed by atoms with van der Waals surface area (Å²) < 4.78 is 1.12. The molecular weight excluding hydrogens is 429 g/mol. The number of rotatable bonds is 16. The summed E-state index contributed by atoms with van der Waals surface area (Å²) in [4.78, 5) is 10.4. The molecule has 1 aromatic rings. The molecule has 0 aliphatic heterocycles. The molecule has 0 aliphatic rings. The Bertz CT molecular complexity index is 585. The summed E-state index contributed by atoms with van der Waals surface area (Å²) in [5.41, 5.74) is 0.138. The Morgan fingerprint density at radius 2 is 1.16 bits per heavy atom. The van der Waals surface area contributed by atoms with Crippen molar-refractivity contribution in [2.24, 2.45) is 0 Å². The number of halogens is 2. The minimum Gasteiger partial charge on any atom is -0.478 e. The van der Waals surface area contributed by atoms with Crippen LogP contribution >= 0.6 is 23.2 Å². The van der Waals surface area contributed by atoms with Crippen LogP contribution < -0.4 is 0 Å². The lowest BCUT2D eigenvalue weighted by Crippen LogP contribution is -2.35. The van der Waals surface area contributed by atoms with Gasteiger partial charge in [0.05, 0.1) is 43.3 Å². The monoisotopic (exact) mass is 474 g/mol. The standard InChI is InChI=1S/C19H42N.C7H4Cl2O2/c1-5-6-7-8-9-10-11-12-13-14-15-16-17-18-19-20(2,3)4;8-5-2-1-4(7(10)11)3-6(5)9/h5-19H2,1-4H3;1-3H,(H,10,11)/q+1;. The summed E-state index contributed by atoms with van der Waals surface area (Å²) in [6, 6.07) is 4.16. The summed E-state index contributed by atoms with van der Waals surface area (Å²) in [6.07, 6.45) is 20.4. The Morgan fingerprint density at radius 1 is 0.742 bits per heavy atom. The topological polar surface area (TPSA) is 37.3 Å². The van der Waals surface area contributed by atoms with Crippen LogP contribution in [0.5, 0.6) is 0 Å². The predicted molar refractivity (Wildman–Crippen MR) is 137 cm³/mol. The largest absolute Gasteiger partial charge is 0.478 e. The SMILES string of the molecule is CCCCCCCCCCCCCCCC[N+](C)(C)C.O=C(O)c1ccc(Cl)c(Cl)c1. The van der Waals surface area contributed by atoms with Gasteiger partial charge >= 0.3 is 5.97 Å². The molecule has 0 aromatic heterocycles. The van der Waals surface area contributed by atoms with Crippen molar-refractivity contribution in [2.45, 2.75) is 96.8 Å². The van der Waals surface area contributed by atoms with Crippen LogP contribution in [0.25, 0.3) is 0 Å². The van der Waals surface area contributed by atoms with E-state index in [-0.39, 0.29) is 10.6 Å². The normalized spacial score (nSPS) is 11.2. The van der Waals surface area contributed by atoms with Gasteiger partial charge in [0, 0.05) is 0 Å². The van der Waals surface area contributed by atoms with Crippen LogP contribution in [-0.4, -0.2) is 43.2 Å². The lowest BCUT2D eigenvalue weighted by Gasteiger charge is -2.23. The molecule has 0 saturated carbocycles. The lowest BCUT2D eigenvalue weighted by molar-refractivity contribution is -0.870. The molecule has 0 atom stereocenters. The van der Waals surface area contributed by atoms with Crippen molar-refractivity contribution in [3.63, 3.8) is 0 Å². The number of carboxylic acids is 1. The number of hydrogen-bond acceptors (Lipinski definition) is 1. The highest BCUT2D eigenvalue weighted by Crippen LogP contribution is 2.22. The average molecular weight is 476 g/mol. The zero-order chi connectivity index (χ0) is 23.5. The van der Waals surface area contributed by atoms with Gasteiger partial charge < -0.3 is 9.59 Å². The van der Waals surface area contributed by atoms with E-state index in [4.69, 9.17) is 28.3 Å². The van der Waals surface area contributed by atoms with Gasteiger partial charge in [0.2, 0.25) is 0 Å². The minimum atomic E-state index is -1.01. The fraction of sp³-hybridized carbons (Fsp3) is 0.731. The van der Waals surface area contributed by atoms with E-state index in [0.29, 0.717) is 5.02 Å². The number of unbranched alkanes of at least 4 members (excludes halogenated alkanes) is 13. The number of quaternary nitrogens is 1. The van der Waals surface area contributed by atoms with Crippen LogP contribution in [0.15, 0.2) is 18.2 Å². The Labute approximate surface area is 201 Å². The third-order valence-electron chi connectivity index (χ3n) is 5.35. The molecule has 0 heterocycles. The molecule has 0 saturated heterocycles. The van der Waals surface area contributed by atoms with Gasteiger partial charge in [-0.25, -0.2) is 4.79 Å². The Morgan fingerprint density at radius 3 is 1.52 bits per heavy atom. The molecule has 1 N–H and O–H groups in total. The van der Waals surface area contributed by atoms with Crippen molar-refractivity contribution in [1.82, 2.24) is 0 Å². The van der Waals surface area contributed by atoms with Gasteiger partial charge in [-0.2, -0.15) is 0 Å². The van der Waals surface area contributed by atoms with Gasteiger partial charge in [-0.15, -0.1) is 0 Å². The first-order chi connectivity index (χ1) is 14.7. The molecule has 1 aromatic carbocycles. The molecule has 0 bridgehead atoms. The highest BCUT2D eigenvalue weighted by Gasteiger charge is 2.05. The molecule has 0 fully saturated rings. The van der Waals surface area contributed by atoms with Crippen LogP contribution in [0.1, 0.15) is 107 Å². The molecular formula is C26H46Cl2NO2+. The first-order valence-corrected chi connectivity index (χ1v) is 12.9. The molecule has 0 spiro atoms. The molecule has 0 aliphatic carbocycles.